The van der Waals surface area contributed by atoms with Crippen LogP contribution in [0.15, 0.2) is 53.6 Å². The first-order chi connectivity index (χ1) is 13.3. The Morgan fingerprint density at radius 3 is 2.54 bits per heavy atom. The zero-order valence-corrected chi connectivity index (χ0v) is 15.4. The molecule has 9 nitrogen and oxygen atoms in total. The summed E-state index contributed by atoms with van der Waals surface area (Å²) < 4.78 is 5.66. The number of carbonyl (C=O) groups is 2. The van der Waals surface area contributed by atoms with Crippen molar-refractivity contribution in [2.24, 2.45) is 5.10 Å². The molecule has 9 heteroatoms. The summed E-state index contributed by atoms with van der Waals surface area (Å²) >= 11 is 0. The van der Waals surface area contributed by atoms with Crippen LogP contribution in [-0.2, 0) is 16.2 Å². The van der Waals surface area contributed by atoms with Crippen molar-refractivity contribution in [1.82, 2.24) is 10.7 Å². The van der Waals surface area contributed by atoms with Crippen LogP contribution in [-0.4, -0.2) is 29.0 Å². The minimum atomic E-state index is -0.851. The van der Waals surface area contributed by atoms with Gasteiger partial charge >= 0.3 is 11.8 Å². The van der Waals surface area contributed by atoms with E-state index < -0.39 is 16.7 Å². The lowest BCUT2D eigenvalue weighted by atomic mass is 10.2. The van der Waals surface area contributed by atoms with E-state index >= 15 is 0 Å². The maximum Gasteiger partial charge on any atom is 0.329 e. The van der Waals surface area contributed by atoms with Gasteiger partial charge in [-0.2, -0.15) is 5.10 Å². The number of nitro benzene ring substituents is 1. The van der Waals surface area contributed by atoms with Crippen LogP contribution in [0.3, 0.4) is 0 Å². The van der Waals surface area contributed by atoms with Crippen LogP contribution in [0.5, 0.6) is 5.75 Å². The van der Waals surface area contributed by atoms with Crippen molar-refractivity contribution in [2.45, 2.75) is 26.5 Å². The fourth-order valence-corrected chi connectivity index (χ4v) is 2.11. The Morgan fingerprint density at radius 1 is 1.18 bits per heavy atom. The first-order valence-corrected chi connectivity index (χ1v) is 8.45. The van der Waals surface area contributed by atoms with Gasteiger partial charge in [0.1, 0.15) is 12.4 Å². The number of hydrogen-bond acceptors (Lipinski definition) is 6. The maximum atomic E-state index is 11.6. The molecule has 2 N–H and O–H groups in total. The van der Waals surface area contributed by atoms with E-state index in [0.717, 1.165) is 5.56 Å². The van der Waals surface area contributed by atoms with Gasteiger partial charge in [-0.25, -0.2) is 5.43 Å². The molecule has 0 saturated heterocycles. The average molecular weight is 384 g/mol. The highest BCUT2D eigenvalue weighted by molar-refractivity contribution is 6.35. The van der Waals surface area contributed by atoms with Crippen LogP contribution < -0.4 is 15.5 Å². The van der Waals surface area contributed by atoms with Crippen LogP contribution in [0.25, 0.3) is 0 Å². The lowest BCUT2D eigenvalue weighted by Gasteiger charge is -2.07. The van der Waals surface area contributed by atoms with Crippen LogP contribution >= 0.6 is 0 Å². The molecule has 0 aromatic heterocycles. The highest BCUT2D eigenvalue weighted by Gasteiger charge is 2.12. The molecule has 2 aromatic rings. The Kier molecular flexibility index (Phi) is 7.21. The number of nitrogens with zero attached hydrogens (tertiary/aromatic N) is 2. The van der Waals surface area contributed by atoms with Gasteiger partial charge in [-0.3, -0.25) is 19.7 Å². The molecule has 2 aromatic carbocycles. The SMILES string of the molecule is CC(C)NC(=O)C(=O)N/N=C\c1cccc(OCc2ccc([N+](=O)[O-])cc2)c1. The van der Waals surface area contributed by atoms with Gasteiger partial charge in [-0.15, -0.1) is 0 Å². The Bertz CT molecular complexity index is 878. The van der Waals surface area contributed by atoms with Gasteiger partial charge in [0.15, 0.2) is 0 Å². The monoisotopic (exact) mass is 384 g/mol. The third-order valence-electron chi connectivity index (χ3n) is 3.42. The molecule has 0 unspecified atom stereocenters. The summed E-state index contributed by atoms with van der Waals surface area (Å²) in [6.45, 7) is 3.73. The van der Waals surface area contributed by atoms with Crippen LogP contribution in [0.4, 0.5) is 5.69 Å². The van der Waals surface area contributed by atoms with Crippen LogP contribution in [0, 0.1) is 10.1 Å². The maximum absolute atomic E-state index is 11.6. The molecule has 0 atom stereocenters. The Hall–Kier alpha value is -3.75. The van der Waals surface area contributed by atoms with Gasteiger partial charge in [0, 0.05) is 18.2 Å². The van der Waals surface area contributed by atoms with Crippen LogP contribution in [0.2, 0.25) is 0 Å². The highest BCUT2D eigenvalue weighted by atomic mass is 16.6. The first-order valence-electron chi connectivity index (χ1n) is 8.45. The Morgan fingerprint density at radius 2 is 1.89 bits per heavy atom. The number of nitrogens with one attached hydrogen (secondary N) is 2. The molecule has 0 aliphatic heterocycles. The van der Waals surface area contributed by atoms with E-state index in [9.17, 15) is 19.7 Å². The van der Waals surface area contributed by atoms with Crippen molar-refractivity contribution in [3.63, 3.8) is 0 Å². The van der Waals surface area contributed by atoms with E-state index in [-0.39, 0.29) is 18.3 Å². The van der Waals surface area contributed by atoms with Gasteiger partial charge in [0.2, 0.25) is 0 Å². The third-order valence-corrected chi connectivity index (χ3v) is 3.42. The summed E-state index contributed by atoms with van der Waals surface area (Å²) in [7, 11) is 0. The van der Waals surface area contributed by atoms with Crippen molar-refractivity contribution in [3.8, 4) is 5.75 Å². The van der Waals surface area contributed by atoms with Gasteiger partial charge < -0.3 is 10.1 Å². The molecule has 2 amide bonds. The lowest BCUT2D eigenvalue weighted by molar-refractivity contribution is -0.384. The number of hydrazone groups is 1. The predicted molar refractivity (Wildman–Crippen MR) is 103 cm³/mol. The normalized spacial score (nSPS) is 10.7. The van der Waals surface area contributed by atoms with E-state index in [1.54, 1.807) is 50.2 Å². The average Bonchev–Trinajstić information content (AvgIpc) is 2.66. The second-order valence-corrected chi connectivity index (χ2v) is 6.11. The first kappa shape index (κ1) is 20.6. The molecule has 2 rings (SSSR count). The number of rotatable bonds is 7. The molecule has 0 aliphatic rings. The standard InChI is InChI=1S/C19H20N4O5/c1-13(2)21-18(24)19(25)22-20-11-15-4-3-5-17(10-15)28-12-14-6-8-16(9-7-14)23(26)27/h3-11,13H,12H2,1-2H3,(H,21,24)(H,22,25)/b20-11-. The van der Waals surface area contributed by atoms with Crippen molar-refractivity contribution >= 4 is 23.7 Å². The minimum Gasteiger partial charge on any atom is -0.489 e. The summed E-state index contributed by atoms with van der Waals surface area (Å²) in [4.78, 5) is 33.2. The number of carbonyl (C=O) groups excluding carboxylic acids is 2. The minimum absolute atomic E-state index is 0.0195. The van der Waals surface area contributed by atoms with E-state index in [4.69, 9.17) is 4.74 Å². The number of hydrogen-bond donors (Lipinski definition) is 2. The zero-order valence-electron chi connectivity index (χ0n) is 15.4. The molecule has 146 valence electrons. The number of nitro groups is 1. The molecule has 28 heavy (non-hydrogen) atoms. The topological polar surface area (TPSA) is 123 Å². The van der Waals surface area contributed by atoms with Crippen molar-refractivity contribution in [2.75, 3.05) is 0 Å². The van der Waals surface area contributed by atoms with Gasteiger partial charge in [-0.05, 0) is 49.2 Å². The van der Waals surface area contributed by atoms with Gasteiger partial charge in [0.25, 0.3) is 5.69 Å². The summed E-state index contributed by atoms with van der Waals surface area (Å²) in [6, 6.07) is 12.9. The fourth-order valence-electron chi connectivity index (χ4n) is 2.11. The van der Waals surface area contributed by atoms with E-state index in [1.807, 2.05) is 0 Å². The number of ether oxygens (including phenoxy) is 1. The highest BCUT2D eigenvalue weighted by Crippen LogP contribution is 2.16. The smallest absolute Gasteiger partial charge is 0.329 e. The fraction of sp³-hybridized carbons (Fsp3) is 0.211. The van der Waals surface area contributed by atoms with E-state index in [1.165, 1.54) is 18.3 Å². The molecule has 0 heterocycles. The van der Waals surface area contributed by atoms with E-state index in [2.05, 4.69) is 15.8 Å². The Labute approximate surface area is 161 Å². The van der Waals surface area contributed by atoms with Crippen molar-refractivity contribution in [3.05, 3.63) is 69.8 Å². The number of benzene rings is 2. The largest absolute Gasteiger partial charge is 0.489 e. The summed E-state index contributed by atoms with van der Waals surface area (Å²) in [5.74, 6) is -1.05. The summed E-state index contributed by atoms with van der Waals surface area (Å²) in [5.41, 5.74) is 3.61. The predicted octanol–water partition coefficient (Wildman–Crippen LogP) is 2.15. The number of amides is 2. The van der Waals surface area contributed by atoms with Gasteiger partial charge in [0.05, 0.1) is 11.1 Å². The second kappa shape index (κ2) is 9.81. The molecule has 0 bridgehead atoms. The molecule has 0 radical (unpaired) electrons. The third kappa shape index (κ3) is 6.52. The molecule has 0 spiro atoms. The summed E-state index contributed by atoms with van der Waals surface area (Å²) in [5, 5.41) is 16.9. The van der Waals surface area contributed by atoms with Crippen molar-refractivity contribution < 1.29 is 19.2 Å². The van der Waals surface area contributed by atoms with Gasteiger partial charge in [-0.1, -0.05) is 12.1 Å². The van der Waals surface area contributed by atoms with Crippen molar-refractivity contribution in [1.29, 1.82) is 0 Å². The molecular formula is C19H20N4O5. The number of non-ortho nitro benzene ring substituents is 1. The zero-order chi connectivity index (χ0) is 20.5. The van der Waals surface area contributed by atoms with E-state index in [0.29, 0.717) is 11.3 Å². The van der Waals surface area contributed by atoms with Crippen LogP contribution in [0.1, 0.15) is 25.0 Å². The molecular weight excluding hydrogens is 364 g/mol. The summed E-state index contributed by atoms with van der Waals surface area (Å²) in [6.07, 6.45) is 1.39. The lowest BCUT2D eigenvalue weighted by Crippen LogP contribution is -2.41. The second-order valence-electron chi connectivity index (χ2n) is 6.11. The Balaban J connectivity index is 1.90. The molecule has 0 fully saturated rings. The molecule has 0 saturated carbocycles. The quantitative estimate of drug-likeness (QED) is 0.328. The molecule has 0 aliphatic carbocycles.